The van der Waals surface area contributed by atoms with Gasteiger partial charge in [-0.15, -0.1) is 0 Å². The molecular formula is C12H18FNO. The molecule has 0 saturated carbocycles. The first kappa shape index (κ1) is 12.1. The van der Waals surface area contributed by atoms with Gasteiger partial charge in [0.05, 0.1) is 6.61 Å². The lowest BCUT2D eigenvalue weighted by atomic mass is 10.1. The molecule has 0 heterocycles. The third-order valence-corrected chi connectivity index (χ3v) is 2.33. The Morgan fingerprint density at radius 1 is 1.27 bits per heavy atom. The Kier molecular flexibility index (Phi) is 4.24. The SMILES string of the molecule is CC(C)(CO)NCCc1ccc(F)cc1. The van der Waals surface area contributed by atoms with Crippen LogP contribution in [0.3, 0.4) is 0 Å². The summed E-state index contributed by atoms with van der Waals surface area (Å²) in [5, 5.41) is 12.2. The van der Waals surface area contributed by atoms with Gasteiger partial charge in [-0.25, -0.2) is 4.39 Å². The van der Waals surface area contributed by atoms with Crippen LogP contribution in [0.25, 0.3) is 0 Å². The van der Waals surface area contributed by atoms with E-state index in [1.807, 2.05) is 13.8 Å². The van der Waals surface area contributed by atoms with E-state index >= 15 is 0 Å². The first-order chi connectivity index (χ1) is 7.03. The van der Waals surface area contributed by atoms with Gasteiger partial charge in [-0.2, -0.15) is 0 Å². The van der Waals surface area contributed by atoms with Crippen molar-refractivity contribution in [1.82, 2.24) is 5.32 Å². The van der Waals surface area contributed by atoms with Crippen molar-refractivity contribution in [2.24, 2.45) is 0 Å². The number of rotatable bonds is 5. The van der Waals surface area contributed by atoms with Crippen molar-refractivity contribution < 1.29 is 9.50 Å². The van der Waals surface area contributed by atoms with Gasteiger partial charge in [0.15, 0.2) is 0 Å². The maximum absolute atomic E-state index is 12.6. The van der Waals surface area contributed by atoms with E-state index in [-0.39, 0.29) is 18.0 Å². The lowest BCUT2D eigenvalue weighted by molar-refractivity contribution is 0.189. The number of nitrogens with one attached hydrogen (secondary N) is 1. The van der Waals surface area contributed by atoms with Crippen molar-refractivity contribution in [3.63, 3.8) is 0 Å². The highest BCUT2D eigenvalue weighted by molar-refractivity contribution is 5.16. The van der Waals surface area contributed by atoms with Gasteiger partial charge in [0.1, 0.15) is 5.82 Å². The van der Waals surface area contributed by atoms with Gasteiger partial charge in [-0.05, 0) is 44.5 Å². The fourth-order valence-electron chi connectivity index (χ4n) is 1.25. The van der Waals surface area contributed by atoms with Crippen LogP contribution >= 0.6 is 0 Å². The summed E-state index contributed by atoms with van der Waals surface area (Å²) in [5.41, 5.74) is 0.845. The molecule has 0 bridgehead atoms. The monoisotopic (exact) mass is 211 g/mol. The lowest BCUT2D eigenvalue weighted by Crippen LogP contribution is -2.43. The van der Waals surface area contributed by atoms with Crippen LogP contribution in [0.2, 0.25) is 0 Å². The second kappa shape index (κ2) is 5.24. The number of benzene rings is 1. The van der Waals surface area contributed by atoms with Crippen molar-refractivity contribution in [3.05, 3.63) is 35.6 Å². The molecule has 0 aliphatic heterocycles. The fourth-order valence-corrected chi connectivity index (χ4v) is 1.25. The molecule has 0 aliphatic rings. The van der Waals surface area contributed by atoms with Gasteiger partial charge < -0.3 is 10.4 Å². The number of aliphatic hydroxyl groups excluding tert-OH is 1. The Hall–Kier alpha value is -0.930. The first-order valence-corrected chi connectivity index (χ1v) is 5.14. The quantitative estimate of drug-likeness (QED) is 0.777. The van der Waals surface area contributed by atoms with Crippen LogP contribution in [0.4, 0.5) is 4.39 Å². The van der Waals surface area contributed by atoms with E-state index in [9.17, 15) is 4.39 Å². The minimum Gasteiger partial charge on any atom is -0.394 e. The van der Waals surface area contributed by atoms with E-state index in [0.29, 0.717) is 0 Å². The molecule has 0 saturated heterocycles. The first-order valence-electron chi connectivity index (χ1n) is 5.14. The average Bonchev–Trinajstić information content (AvgIpc) is 2.21. The Morgan fingerprint density at radius 2 is 1.87 bits per heavy atom. The number of halogens is 1. The van der Waals surface area contributed by atoms with E-state index < -0.39 is 0 Å². The molecule has 84 valence electrons. The molecule has 1 aromatic carbocycles. The summed E-state index contributed by atoms with van der Waals surface area (Å²) in [4.78, 5) is 0. The van der Waals surface area contributed by atoms with Crippen LogP contribution < -0.4 is 5.32 Å². The molecule has 15 heavy (non-hydrogen) atoms. The van der Waals surface area contributed by atoms with Gasteiger partial charge in [-0.1, -0.05) is 12.1 Å². The second-order valence-corrected chi connectivity index (χ2v) is 4.35. The molecule has 3 heteroatoms. The molecule has 0 unspecified atom stereocenters. The highest BCUT2D eigenvalue weighted by atomic mass is 19.1. The molecule has 0 radical (unpaired) electrons. The average molecular weight is 211 g/mol. The van der Waals surface area contributed by atoms with Crippen molar-refractivity contribution in [1.29, 1.82) is 0 Å². The number of aliphatic hydroxyl groups is 1. The Labute approximate surface area is 90.1 Å². The summed E-state index contributed by atoms with van der Waals surface area (Å²) < 4.78 is 12.6. The number of hydrogen-bond acceptors (Lipinski definition) is 2. The summed E-state index contributed by atoms with van der Waals surface area (Å²) in [6.45, 7) is 4.77. The number of hydrogen-bond donors (Lipinski definition) is 2. The maximum Gasteiger partial charge on any atom is 0.123 e. The molecule has 0 fully saturated rings. The fraction of sp³-hybridized carbons (Fsp3) is 0.500. The van der Waals surface area contributed by atoms with E-state index in [2.05, 4.69) is 5.32 Å². The molecule has 1 rings (SSSR count). The van der Waals surface area contributed by atoms with E-state index in [4.69, 9.17) is 5.11 Å². The standard InChI is InChI=1S/C12H18FNO/c1-12(2,9-15)14-8-7-10-3-5-11(13)6-4-10/h3-6,14-15H,7-9H2,1-2H3. The summed E-state index contributed by atoms with van der Waals surface area (Å²) in [6.07, 6.45) is 0.837. The van der Waals surface area contributed by atoms with Gasteiger partial charge >= 0.3 is 0 Å². The lowest BCUT2D eigenvalue weighted by Gasteiger charge is -2.23. The van der Waals surface area contributed by atoms with Crippen LogP contribution in [-0.4, -0.2) is 23.8 Å². The molecule has 2 N–H and O–H groups in total. The normalized spacial score (nSPS) is 11.7. The largest absolute Gasteiger partial charge is 0.394 e. The predicted molar refractivity (Wildman–Crippen MR) is 59.3 cm³/mol. The minimum absolute atomic E-state index is 0.108. The van der Waals surface area contributed by atoms with Crippen molar-refractivity contribution >= 4 is 0 Å². The molecule has 2 nitrogen and oxygen atoms in total. The van der Waals surface area contributed by atoms with Crippen LogP contribution in [0.15, 0.2) is 24.3 Å². The Balaban J connectivity index is 2.35. The van der Waals surface area contributed by atoms with Gasteiger partial charge in [0.25, 0.3) is 0 Å². The highest BCUT2D eigenvalue weighted by Gasteiger charge is 2.13. The van der Waals surface area contributed by atoms with Crippen LogP contribution in [-0.2, 0) is 6.42 Å². The van der Waals surface area contributed by atoms with Crippen molar-refractivity contribution in [2.75, 3.05) is 13.2 Å². The molecule has 0 aliphatic carbocycles. The third kappa shape index (κ3) is 4.40. The molecule has 0 atom stereocenters. The van der Waals surface area contributed by atoms with Gasteiger partial charge in [0, 0.05) is 5.54 Å². The zero-order valence-corrected chi connectivity index (χ0v) is 9.26. The van der Waals surface area contributed by atoms with Crippen molar-refractivity contribution in [3.8, 4) is 0 Å². The second-order valence-electron chi connectivity index (χ2n) is 4.35. The van der Waals surface area contributed by atoms with E-state index in [0.717, 1.165) is 18.5 Å². The van der Waals surface area contributed by atoms with E-state index in [1.54, 1.807) is 12.1 Å². The summed E-state index contributed by atoms with van der Waals surface area (Å²) >= 11 is 0. The van der Waals surface area contributed by atoms with E-state index in [1.165, 1.54) is 12.1 Å². The molecular weight excluding hydrogens is 193 g/mol. The van der Waals surface area contributed by atoms with Crippen molar-refractivity contribution in [2.45, 2.75) is 25.8 Å². The van der Waals surface area contributed by atoms with Crippen LogP contribution in [0, 0.1) is 5.82 Å². The summed E-state index contributed by atoms with van der Waals surface area (Å²) in [5.74, 6) is -0.206. The summed E-state index contributed by atoms with van der Waals surface area (Å²) in [7, 11) is 0. The molecule has 1 aromatic rings. The van der Waals surface area contributed by atoms with Gasteiger partial charge in [0.2, 0.25) is 0 Å². The van der Waals surface area contributed by atoms with Crippen LogP contribution in [0.1, 0.15) is 19.4 Å². The highest BCUT2D eigenvalue weighted by Crippen LogP contribution is 2.04. The molecule has 0 spiro atoms. The smallest absolute Gasteiger partial charge is 0.123 e. The van der Waals surface area contributed by atoms with Gasteiger partial charge in [-0.3, -0.25) is 0 Å². The molecule has 0 amide bonds. The zero-order valence-electron chi connectivity index (χ0n) is 9.26. The Morgan fingerprint density at radius 3 is 2.40 bits per heavy atom. The zero-order chi connectivity index (χ0) is 11.3. The minimum atomic E-state index is -0.250. The van der Waals surface area contributed by atoms with Crippen LogP contribution in [0.5, 0.6) is 0 Å². The third-order valence-electron chi connectivity index (χ3n) is 2.33. The topological polar surface area (TPSA) is 32.3 Å². The summed E-state index contributed by atoms with van der Waals surface area (Å²) in [6, 6.07) is 6.49. The predicted octanol–water partition coefficient (Wildman–Crippen LogP) is 1.73. The Bertz CT molecular complexity index is 295. The maximum atomic E-state index is 12.6. The molecule has 0 aromatic heterocycles.